The molecule has 30 heavy (non-hydrogen) atoms. The lowest BCUT2D eigenvalue weighted by molar-refractivity contribution is -0.0266. The average Bonchev–Trinajstić information content (AvgIpc) is 2.97. The molecule has 8 heteroatoms. The van der Waals surface area contributed by atoms with Crippen molar-refractivity contribution in [3.63, 3.8) is 0 Å². The Morgan fingerprint density at radius 1 is 1.13 bits per heavy atom. The highest BCUT2D eigenvalue weighted by atomic mass is 19.1. The molecule has 1 aromatic heterocycles. The predicted octanol–water partition coefficient (Wildman–Crippen LogP) is 3.64. The van der Waals surface area contributed by atoms with Crippen LogP contribution in [0.5, 0.6) is 0 Å². The molecular formula is C22H33FN4O3. The van der Waals surface area contributed by atoms with Crippen molar-refractivity contribution >= 4 is 12.0 Å². The van der Waals surface area contributed by atoms with E-state index in [0.717, 1.165) is 38.6 Å². The van der Waals surface area contributed by atoms with Gasteiger partial charge < -0.3 is 19.3 Å². The number of hydrogen-bond acceptors (Lipinski definition) is 6. The fraction of sp³-hybridized carbons (Fsp3) is 0.773. The van der Waals surface area contributed by atoms with Crippen molar-refractivity contribution in [1.82, 2.24) is 14.9 Å². The zero-order chi connectivity index (χ0) is 21.5. The highest BCUT2D eigenvalue weighted by molar-refractivity contribution is 5.69. The molecule has 3 saturated heterocycles. The standard InChI is InChI=1S/C22H33FN4O3/c1-22(2,3)30-21(28)27-16-5-6-17(27)10-14(9-16)18-7-8-26(13-19(18)29-4)20-24-11-15(23)12-25-20/h11-12,14,16-19H,5-10,13H2,1-4H3/t14?,16?,17?,18-,19-/m1/s1. The summed E-state index contributed by atoms with van der Waals surface area (Å²) in [6, 6.07) is 0.527. The van der Waals surface area contributed by atoms with Gasteiger partial charge >= 0.3 is 6.09 Å². The zero-order valence-electron chi connectivity index (χ0n) is 18.4. The van der Waals surface area contributed by atoms with Crippen LogP contribution in [0.2, 0.25) is 0 Å². The summed E-state index contributed by atoms with van der Waals surface area (Å²) in [6.45, 7) is 7.29. The maximum atomic E-state index is 13.2. The first-order valence-corrected chi connectivity index (χ1v) is 11.0. The van der Waals surface area contributed by atoms with Crippen LogP contribution in [-0.2, 0) is 9.47 Å². The average molecular weight is 421 g/mol. The molecule has 4 heterocycles. The van der Waals surface area contributed by atoms with Gasteiger partial charge in [0.05, 0.1) is 18.5 Å². The Morgan fingerprint density at radius 3 is 2.33 bits per heavy atom. The van der Waals surface area contributed by atoms with E-state index in [4.69, 9.17) is 9.47 Å². The Bertz CT molecular complexity index is 740. The minimum Gasteiger partial charge on any atom is -0.444 e. The summed E-state index contributed by atoms with van der Waals surface area (Å²) in [5.41, 5.74) is -0.468. The number of carbonyl (C=O) groups is 1. The van der Waals surface area contributed by atoms with Crippen LogP contribution in [0, 0.1) is 17.7 Å². The van der Waals surface area contributed by atoms with E-state index >= 15 is 0 Å². The molecule has 4 rings (SSSR count). The van der Waals surface area contributed by atoms with E-state index in [9.17, 15) is 9.18 Å². The maximum Gasteiger partial charge on any atom is 0.410 e. The second-order valence-electron chi connectivity index (χ2n) is 9.88. The van der Waals surface area contributed by atoms with Gasteiger partial charge in [-0.1, -0.05) is 0 Å². The van der Waals surface area contributed by atoms with Gasteiger partial charge in [-0.15, -0.1) is 0 Å². The van der Waals surface area contributed by atoms with Gasteiger partial charge in [0.25, 0.3) is 0 Å². The molecule has 4 atom stereocenters. The Labute approximate surface area is 177 Å². The molecule has 2 unspecified atom stereocenters. The van der Waals surface area contributed by atoms with Crippen LogP contribution in [0.25, 0.3) is 0 Å². The van der Waals surface area contributed by atoms with Gasteiger partial charge in [-0.3, -0.25) is 0 Å². The number of methoxy groups -OCH3 is 1. The molecule has 0 aromatic carbocycles. The van der Waals surface area contributed by atoms with Gasteiger partial charge in [-0.2, -0.15) is 0 Å². The zero-order valence-corrected chi connectivity index (χ0v) is 18.4. The number of nitrogens with zero attached hydrogens (tertiary/aromatic N) is 4. The molecule has 2 bridgehead atoms. The lowest BCUT2D eigenvalue weighted by atomic mass is 9.75. The molecule has 0 saturated carbocycles. The fourth-order valence-corrected chi connectivity index (χ4v) is 5.56. The quantitative estimate of drug-likeness (QED) is 0.744. The minimum atomic E-state index is -0.468. The topological polar surface area (TPSA) is 67.8 Å². The molecule has 0 N–H and O–H groups in total. The van der Waals surface area contributed by atoms with Crippen molar-refractivity contribution in [2.24, 2.45) is 11.8 Å². The van der Waals surface area contributed by atoms with Crippen LogP contribution in [0.3, 0.4) is 0 Å². The normalized spacial score (nSPS) is 31.7. The fourth-order valence-electron chi connectivity index (χ4n) is 5.56. The van der Waals surface area contributed by atoms with E-state index in [-0.39, 0.29) is 24.3 Å². The second-order valence-corrected chi connectivity index (χ2v) is 9.88. The van der Waals surface area contributed by atoms with Gasteiger partial charge in [0, 0.05) is 32.3 Å². The molecule has 166 valence electrons. The molecular weight excluding hydrogens is 387 g/mol. The van der Waals surface area contributed by atoms with Crippen LogP contribution in [0.4, 0.5) is 15.1 Å². The summed E-state index contributed by atoms with van der Waals surface area (Å²) in [5.74, 6) is 1.10. The molecule has 0 aliphatic carbocycles. The summed E-state index contributed by atoms with van der Waals surface area (Å²) < 4.78 is 24.7. The van der Waals surface area contributed by atoms with Crippen LogP contribution >= 0.6 is 0 Å². The number of anilines is 1. The van der Waals surface area contributed by atoms with Crippen LogP contribution in [0.15, 0.2) is 12.4 Å². The van der Waals surface area contributed by atoms with E-state index in [1.807, 2.05) is 25.7 Å². The first kappa shape index (κ1) is 21.3. The Balaban J connectivity index is 1.41. The van der Waals surface area contributed by atoms with Gasteiger partial charge in [0.15, 0.2) is 5.82 Å². The Kier molecular flexibility index (Phi) is 5.88. The van der Waals surface area contributed by atoms with E-state index in [2.05, 4.69) is 14.9 Å². The molecule has 0 spiro atoms. The van der Waals surface area contributed by atoms with Crippen LogP contribution in [-0.4, -0.2) is 64.9 Å². The first-order valence-electron chi connectivity index (χ1n) is 11.0. The highest BCUT2D eigenvalue weighted by Crippen LogP contribution is 2.45. The molecule has 1 amide bonds. The molecule has 0 radical (unpaired) electrons. The van der Waals surface area contributed by atoms with E-state index in [0.29, 0.717) is 24.3 Å². The first-order chi connectivity index (χ1) is 14.2. The van der Waals surface area contributed by atoms with Gasteiger partial charge in [-0.05, 0) is 64.7 Å². The number of piperidine rings is 2. The largest absolute Gasteiger partial charge is 0.444 e. The van der Waals surface area contributed by atoms with Crippen molar-refractivity contribution < 1.29 is 18.7 Å². The third-order valence-corrected chi connectivity index (χ3v) is 6.78. The van der Waals surface area contributed by atoms with E-state index in [1.165, 1.54) is 12.4 Å². The predicted molar refractivity (Wildman–Crippen MR) is 111 cm³/mol. The van der Waals surface area contributed by atoms with E-state index in [1.54, 1.807) is 7.11 Å². The number of aromatic nitrogens is 2. The third kappa shape index (κ3) is 4.38. The highest BCUT2D eigenvalue weighted by Gasteiger charge is 2.48. The minimum absolute atomic E-state index is 0.0740. The molecule has 3 aliphatic rings. The molecule has 3 fully saturated rings. The Morgan fingerprint density at radius 2 is 1.77 bits per heavy atom. The summed E-state index contributed by atoms with van der Waals surface area (Å²) in [7, 11) is 1.76. The number of amides is 1. The van der Waals surface area contributed by atoms with E-state index < -0.39 is 11.4 Å². The van der Waals surface area contributed by atoms with Crippen molar-refractivity contribution in [1.29, 1.82) is 0 Å². The summed E-state index contributed by atoms with van der Waals surface area (Å²) in [5, 5.41) is 0. The van der Waals surface area contributed by atoms with Gasteiger partial charge in [0.1, 0.15) is 5.60 Å². The maximum absolute atomic E-state index is 13.2. The number of rotatable bonds is 3. The van der Waals surface area contributed by atoms with Crippen molar-refractivity contribution in [3.8, 4) is 0 Å². The SMILES string of the molecule is CO[C@@H]1CN(c2ncc(F)cn2)CC[C@@H]1C1CC2CCC(C1)N2C(=O)OC(C)(C)C. The molecule has 7 nitrogen and oxygen atoms in total. The summed E-state index contributed by atoms with van der Waals surface area (Å²) in [6.07, 6.45) is 7.43. The molecule has 3 aliphatic heterocycles. The van der Waals surface area contributed by atoms with Gasteiger partial charge in [0.2, 0.25) is 5.95 Å². The lowest BCUT2D eigenvalue weighted by Crippen LogP contribution is -2.53. The van der Waals surface area contributed by atoms with Crippen molar-refractivity contribution in [2.75, 3.05) is 25.1 Å². The number of hydrogen-bond donors (Lipinski definition) is 0. The number of fused-ring (bicyclic) bond motifs is 2. The molecule has 1 aromatic rings. The van der Waals surface area contributed by atoms with Crippen molar-refractivity contribution in [2.45, 2.75) is 76.7 Å². The third-order valence-electron chi connectivity index (χ3n) is 6.78. The van der Waals surface area contributed by atoms with Crippen LogP contribution in [0.1, 0.15) is 52.9 Å². The Hall–Kier alpha value is -1.96. The van der Waals surface area contributed by atoms with Gasteiger partial charge in [-0.25, -0.2) is 19.2 Å². The number of carbonyl (C=O) groups excluding carboxylic acids is 1. The second kappa shape index (κ2) is 8.29. The summed E-state index contributed by atoms with van der Waals surface area (Å²) >= 11 is 0. The number of halogens is 1. The summed E-state index contributed by atoms with van der Waals surface area (Å²) in [4.78, 5) is 25.1. The monoisotopic (exact) mass is 420 g/mol. The lowest BCUT2D eigenvalue weighted by Gasteiger charge is -2.46. The smallest absolute Gasteiger partial charge is 0.410 e. The van der Waals surface area contributed by atoms with Crippen molar-refractivity contribution in [3.05, 3.63) is 18.2 Å². The number of ether oxygens (including phenoxy) is 2. The van der Waals surface area contributed by atoms with Crippen LogP contribution < -0.4 is 4.90 Å².